The minimum absolute atomic E-state index is 0.107. The highest BCUT2D eigenvalue weighted by Gasteiger charge is 2.08. The predicted molar refractivity (Wildman–Crippen MR) is 80.7 cm³/mol. The Morgan fingerprint density at radius 2 is 2.10 bits per heavy atom. The molecule has 0 aromatic carbocycles. The number of thiazole rings is 1. The van der Waals surface area contributed by atoms with Gasteiger partial charge in [0.05, 0.1) is 12.1 Å². The molecule has 0 aliphatic heterocycles. The zero-order valence-corrected chi connectivity index (χ0v) is 12.4. The molecule has 0 aliphatic rings. The van der Waals surface area contributed by atoms with E-state index in [-0.39, 0.29) is 18.2 Å². The Morgan fingerprint density at radius 3 is 2.81 bits per heavy atom. The number of amides is 2. The molecule has 110 valence electrons. The van der Waals surface area contributed by atoms with E-state index in [0.717, 1.165) is 16.3 Å². The average molecular weight is 304 g/mol. The summed E-state index contributed by atoms with van der Waals surface area (Å²) in [4.78, 5) is 30.9. The van der Waals surface area contributed by atoms with Gasteiger partial charge in [-0.15, -0.1) is 11.3 Å². The summed E-state index contributed by atoms with van der Waals surface area (Å²) in [5.41, 5.74) is 1.68. The number of rotatable bonds is 6. The lowest BCUT2D eigenvalue weighted by molar-refractivity contribution is -0.121. The normalized spacial score (nSPS) is 10.1. The lowest BCUT2D eigenvalue weighted by Crippen LogP contribution is -2.34. The van der Waals surface area contributed by atoms with Crippen LogP contribution in [0, 0.1) is 0 Å². The first-order valence-electron chi connectivity index (χ1n) is 6.51. The molecule has 0 radical (unpaired) electrons. The number of nitrogens with zero attached hydrogens (tertiary/aromatic N) is 2. The zero-order chi connectivity index (χ0) is 15.1. The quantitative estimate of drug-likeness (QED) is 0.780. The van der Waals surface area contributed by atoms with Gasteiger partial charge < -0.3 is 10.6 Å². The van der Waals surface area contributed by atoms with Gasteiger partial charge in [-0.1, -0.05) is 0 Å². The van der Waals surface area contributed by atoms with Crippen LogP contribution in [0.15, 0.2) is 29.9 Å². The van der Waals surface area contributed by atoms with Crippen molar-refractivity contribution in [3.05, 3.63) is 35.6 Å². The van der Waals surface area contributed by atoms with Gasteiger partial charge in [0.25, 0.3) is 0 Å². The molecule has 0 saturated carbocycles. The first kappa shape index (κ1) is 15.1. The van der Waals surface area contributed by atoms with E-state index in [0.29, 0.717) is 13.1 Å². The number of nitrogens with one attached hydrogen (secondary N) is 2. The maximum absolute atomic E-state index is 11.7. The Balaban J connectivity index is 1.82. The first-order chi connectivity index (χ1) is 10.1. The molecule has 0 spiro atoms. The summed E-state index contributed by atoms with van der Waals surface area (Å²) < 4.78 is 0. The van der Waals surface area contributed by atoms with Crippen molar-refractivity contribution in [2.24, 2.45) is 0 Å². The van der Waals surface area contributed by atoms with Crippen LogP contribution in [0.4, 0.5) is 0 Å². The number of carbonyl (C=O) groups excluding carboxylic acids is 2. The third kappa shape index (κ3) is 4.96. The van der Waals surface area contributed by atoms with Crippen LogP contribution in [0.5, 0.6) is 0 Å². The molecule has 2 rings (SSSR count). The Labute approximate surface area is 126 Å². The van der Waals surface area contributed by atoms with Crippen molar-refractivity contribution in [3.63, 3.8) is 0 Å². The Bertz CT molecular complexity index is 612. The van der Waals surface area contributed by atoms with Crippen molar-refractivity contribution in [1.29, 1.82) is 0 Å². The lowest BCUT2D eigenvalue weighted by atomic mass is 10.3. The highest BCUT2D eigenvalue weighted by molar-refractivity contribution is 7.13. The Hall–Kier alpha value is -2.28. The first-order valence-corrected chi connectivity index (χ1v) is 7.39. The van der Waals surface area contributed by atoms with Crippen LogP contribution in [-0.2, 0) is 16.0 Å². The number of pyridine rings is 1. The van der Waals surface area contributed by atoms with Crippen molar-refractivity contribution >= 4 is 23.2 Å². The van der Waals surface area contributed by atoms with Crippen LogP contribution in [0.25, 0.3) is 10.6 Å². The SMILES string of the molecule is CC(=O)NCCNC(=O)Cc1csc(-c2cccnc2)n1. The number of hydrogen-bond donors (Lipinski definition) is 2. The van der Waals surface area contributed by atoms with Gasteiger partial charge in [-0.05, 0) is 12.1 Å². The van der Waals surface area contributed by atoms with Crippen molar-refractivity contribution in [2.45, 2.75) is 13.3 Å². The van der Waals surface area contributed by atoms with Gasteiger partial charge >= 0.3 is 0 Å². The second-order valence-corrected chi connectivity index (χ2v) is 5.25. The van der Waals surface area contributed by atoms with E-state index in [2.05, 4.69) is 20.6 Å². The second kappa shape index (κ2) is 7.49. The van der Waals surface area contributed by atoms with Crippen LogP contribution in [0.2, 0.25) is 0 Å². The fourth-order valence-electron chi connectivity index (χ4n) is 1.68. The smallest absolute Gasteiger partial charge is 0.226 e. The fourth-order valence-corrected chi connectivity index (χ4v) is 2.49. The molecule has 2 aromatic heterocycles. The maximum Gasteiger partial charge on any atom is 0.226 e. The molecule has 0 aliphatic carbocycles. The molecular formula is C14H16N4O2S. The standard InChI is InChI=1S/C14H16N4O2S/c1-10(19)16-5-6-17-13(20)7-12-9-21-14(18-12)11-3-2-4-15-8-11/h2-4,8-9H,5-7H2,1H3,(H,16,19)(H,17,20). The summed E-state index contributed by atoms with van der Waals surface area (Å²) in [5.74, 6) is -0.215. The molecule has 0 unspecified atom stereocenters. The van der Waals surface area contributed by atoms with Gasteiger partial charge in [0.1, 0.15) is 5.01 Å². The van der Waals surface area contributed by atoms with Gasteiger partial charge in [0, 0.05) is 43.4 Å². The third-order valence-electron chi connectivity index (χ3n) is 2.62. The minimum Gasteiger partial charge on any atom is -0.355 e. The van der Waals surface area contributed by atoms with Crippen LogP contribution in [0.3, 0.4) is 0 Å². The molecule has 2 amide bonds. The van der Waals surface area contributed by atoms with E-state index in [1.54, 1.807) is 12.4 Å². The van der Waals surface area contributed by atoms with E-state index >= 15 is 0 Å². The fraction of sp³-hybridized carbons (Fsp3) is 0.286. The minimum atomic E-state index is -0.108. The van der Waals surface area contributed by atoms with E-state index in [4.69, 9.17) is 0 Å². The molecule has 2 aromatic rings. The molecule has 2 N–H and O–H groups in total. The van der Waals surface area contributed by atoms with Crippen molar-refractivity contribution < 1.29 is 9.59 Å². The Morgan fingerprint density at radius 1 is 1.29 bits per heavy atom. The average Bonchev–Trinajstić information content (AvgIpc) is 2.93. The van der Waals surface area contributed by atoms with Crippen molar-refractivity contribution in [2.75, 3.05) is 13.1 Å². The molecule has 0 saturated heterocycles. The monoisotopic (exact) mass is 304 g/mol. The molecule has 0 atom stereocenters. The zero-order valence-electron chi connectivity index (χ0n) is 11.6. The number of hydrogen-bond acceptors (Lipinski definition) is 5. The van der Waals surface area contributed by atoms with E-state index in [1.807, 2.05) is 17.5 Å². The van der Waals surface area contributed by atoms with E-state index in [1.165, 1.54) is 18.3 Å². The summed E-state index contributed by atoms with van der Waals surface area (Å²) in [6.45, 7) is 2.29. The highest BCUT2D eigenvalue weighted by atomic mass is 32.1. The van der Waals surface area contributed by atoms with E-state index in [9.17, 15) is 9.59 Å². The molecule has 0 bridgehead atoms. The molecule has 21 heavy (non-hydrogen) atoms. The van der Waals surface area contributed by atoms with Crippen molar-refractivity contribution in [1.82, 2.24) is 20.6 Å². The highest BCUT2D eigenvalue weighted by Crippen LogP contribution is 2.22. The molecule has 0 fully saturated rings. The summed E-state index contributed by atoms with van der Waals surface area (Å²) in [5, 5.41) is 8.07. The van der Waals surface area contributed by atoms with Gasteiger partial charge in [0.15, 0.2) is 0 Å². The lowest BCUT2D eigenvalue weighted by Gasteiger charge is -2.04. The Kier molecular flexibility index (Phi) is 5.39. The summed E-state index contributed by atoms with van der Waals surface area (Å²) >= 11 is 1.49. The molecular weight excluding hydrogens is 288 g/mol. The van der Waals surface area contributed by atoms with Gasteiger partial charge in [-0.25, -0.2) is 4.98 Å². The van der Waals surface area contributed by atoms with Crippen LogP contribution in [0.1, 0.15) is 12.6 Å². The predicted octanol–water partition coefficient (Wildman–Crippen LogP) is 1.000. The number of aromatic nitrogens is 2. The number of carbonyl (C=O) groups is 2. The third-order valence-corrected chi connectivity index (χ3v) is 3.56. The van der Waals surface area contributed by atoms with E-state index < -0.39 is 0 Å². The van der Waals surface area contributed by atoms with Gasteiger partial charge in [-0.2, -0.15) is 0 Å². The molecule has 2 heterocycles. The summed E-state index contributed by atoms with van der Waals surface area (Å²) in [7, 11) is 0. The molecule has 7 heteroatoms. The van der Waals surface area contributed by atoms with Crippen LogP contribution < -0.4 is 10.6 Å². The van der Waals surface area contributed by atoms with Gasteiger partial charge in [0.2, 0.25) is 11.8 Å². The van der Waals surface area contributed by atoms with Gasteiger partial charge in [-0.3, -0.25) is 14.6 Å². The summed E-state index contributed by atoms with van der Waals surface area (Å²) in [6.07, 6.45) is 3.69. The van der Waals surface area contributed by atoms with Crippen LogP contribution in [-0.4, -0.2) is 34.9 Å². The largest absolute Gasteiger partial charge is 0.355 e. The topological polar surface area (TPSA) is 84.0 Å². The summed E-state index contributed by atoms with van der Waals surface area (Å²) in [6, 6.07) is 3.79. The maximum atomic E-state index is 11.7. The second-order valence-electron chi connectivity index (χ2n) is 4.40. The van der Waals surface area contributed by atoms with Crippen LogP contribution >= 0.6 is 11.3 Å². The van der Waals surface area contributed by atoms with Crippen molar-refractivity contribution in [3.8, 4) is 10.6 Å². The molecule has 6 nitrogen and oxygen atoms in total.